The summed E-state index contributed by atoms with van der Waals surface area (Å²) in [4.78, 5) is 48.2. The van der Waals surface area contributed by atoms with E-state index in [9.17, 15) is 22.8 Å². The Morgan fingerprint density at radius 2 is 1.72 bits per heavy atom. The fraction of sp³-hybridized carbons (Fsp3) is 0.379. The molecule has 0 aliphatic carbocycles. The van der Waals surface area contributed by atoms with E-state index in [-0.39, 0.29) is 24.3 Å². The van der Waals surface area contributed by atoms with Gasteiger partial charge in [0.2, 0.25) is 11.8 Å². The van der Waals surface area contributed by atoms with Crippen molar-refractivity contribution in [3.63, 3.8) is 0 Å². The number of fused-ring (bicyclic) bond motifs is 2. The van der Waals surface area contributed by atoms with Crippen molar-refractivity contribution in [2.75, 3.05) is 21.8 Å². The van der Waals surface area contributed by atoms with Gasteiger partial charge in [-0.1, -0.05) is 44.2 Å². The Labute approximate surface area is 229 Å². The van der Waals surface area contributed by atoms with E-state index >= 15 is 0 Å². The first kappa shape index (κ1) is 28.2. The van der Waals surface area contributed by atoms with Crippen molar-refractivity contribution in [2.24, 2.45) is 5.92 Å². The Morgan fingerprint density at radius 1 is 1.08 bits per heavy atom. The minimum atomic E-state index is -3.66. The molecular formula is C29H34N4O5S. The fourth-order valence-corrected chi connectivity index (χ4v) is 5.49. The van der Waals surface area contributed by atoms with E-state index in [2.05, 4.69) is 10.3 Å². The summed E-state index contributed by atoms with van der Waals surface area (Å²) in [5.41, 5.74) is 3.43. The van der Waals surface area contributed by atoms with Gasteiger partial charge < -0.3 is 15.1 Å². The second kappa shape index (κ2) is 11.1. The van der Waals surface area contributed by atoms with E-state index in [4.69, 9.17) is 0 Å². The lowest BCUT2D eigenvalue weighted by Crippen LogP contribution is -2.59. The molecule has 39 heavy (non-hydrogen) atoms. The van der Waals surface area contributed by atoms with Crippen molar-refractivity contribution in [3.8, 4) is 0 Å². The van der Waals surface area contributed by atoms with Gasteiger partial charge in [-0.3, -0.25) is 19.4 Å². The number of aryl methyl sites for hydroxylation is 1. The van der Waals surface area contributed by atoms with E-state index in [1.54, 1.807) is 49.2 Å². The van der Waals surface area contributed by atoms with Crippen LogP contribution in [0.3, 0.4) is 0 Å². The van der Waals surface area contributed by atoms with Crippen LogP contribution in [-0.4, -0.2) is 55.2 Å². The van der Waals surface area contributed by atoms with Crippen LogP contribution in [0.5, 0.6) is 0 Å². The molecule has 1 aromatic heterocycles. The molecule has 0 bridgehead atoms. The molecule has 10 heteroatoms. The Hall–Kier alpha value is -3.79. The van der Waals surface area contributed by atoms with Gasteiger partial charge in [0.15, 0.2) is 9.84 Å². The maximum atomic E-state index is 14.3. The molecule has 4 rings (SSSR count). The summed E-state index contributed by atoms with van der Waals surface area (Å²) in [6.45, 7) is 7.40. The van der Waals surface area contributed by atoms with Crippen LogP contribution in [0, 0.1) is 12.8 Å². The summed E-state index contributed by atoms with van der Waals surface area (Å²) >= 11 is 0. The Balaban J connectivity index is 1.90. The zero-order chi connectivity index (χ0) is 28.5. The number of benzene rings is 2. The lowest BCUT2D eigenvalue weighted by molar-refractivity contribution is -0.130. The summed E-state index contributed by atoms with van der Waals surface area (Å²) in [6.07, 6.45) is 3.33. The standard InChI is InChI=1S/C29H34N4O5S/c1-6-18(2)28(35)31-27-20(4)33(26(34)17-39(5,37)38)25-14-10-9-13-24(25)32(29(27)36)16-22-19(3)15-30-23-12-8-7-11-21(22)23/h7-15,18,20,27H,6,16-17H2,1-5H3,(H,31,35)/t18-,20+,27+/m1/s1. The Morgan fingerprint density at radius 3 is 2.38 bits per heavy atom. The summed E-state index contributed by atoms with van der Waals surface area (Å²) in [7, 11) is -3.66. The van der Waals surface area contributed by atoms with Crippen LogP contribution < -0.4 is 15.1 Å². The van der Waals surface area contributed by atoms with Crippen LogP contribution in [0.4, 0.5) is 11.4 Å². The van der Waals surface area contributed by atoms with Gasteiger partial charge >= 0.3 is 0 Å². The molecule has 1 aliphatic heterocycles. The van der Waals surface area contributed by atoms with Gasteiger partial charge in [-0.2, -0.15) is 0 Å². The molecule has 1 N–H and O–H groups in total. The maximum Gasteiger partial charge on any atom is 0.252 e. The number of rotatable bonds is 7. The number of carbonyl (C=O) groups is 3. The fourth-order valence-electron chi connectivity index (χ4n) is 4.91. The van der Waals surface area contributed by atoms with Gasteiger partial charge in [-0.05, 0) is 49.6 Å². The average molecular weight is 551 g/mol. The Kier molecular flexibility index (Phi) is 8.06. The first-order valence-electron chi connectivity index (χ1n) is 13.0. The van der Waals surface area contributed by atoms with Crippen molar-refractivity contribution >= 4 is 49.8 Å². The molecule has 0 radical (unpaired) electrons. The molecule has 3 amide bonds. The quantitative estimate of drug-likeness (QED) is 0.482. The number of hydrogen-bond donors (Lipinski definition) is 1. The second-order valence-corrected chi connectivity index (χ2v) is 12.4. The van der Waals surface area contributed by atoms with Gasteiger partial charge in [-0.25, -0.2) is 8.42 Å². The van der Waals surface area contributed by atoms with Crippen LogP contribution in [-0.2, 0) is 30.8 Å². The number of amides is 3. The third-order valence-electron chi connectivity index (χ3n) is 7.28. The molecule has 2 heterocycles. The number of carbonyl (C=O) groups excluding carboxylic acids is 3. The highest BCUT2D eigenvalue weighted by Crippen LogP contribution is 2.37. The van der Waals surface area contributed by atoms with Crippen LogP contribution in [0.25, 0.3) is 10.9 Å². The lowest BCUT2D eigenvalue weighted by atomic mass is 10.0. The normalized spacial score (nSPS) is 18.4. The van der Waals surface area contributed by atoms with Crippen molar-refractivity contribution in [2.45, 2.75) is 52.7 Å². The molecule has 0 spiro atoms. The van der Waals surface area contributed by atoms with Crippen LogP contribution >= 0.6 is 0 Å². The number of aromatic nitrogens is 1. The molecule has 0 fully saturated rings. The molecule has 2 aromatic carbocycles. The Bertz CT molecular complexity index is 1540. The number of nitrogens with zero attached hydrogens (tertiary/aromatic N) is 3. The van der Waals surface area contributed by atoms with Gasteiger partial charge in [0.1, 0.15) is 11.8 Å². The van der Waals surface area contributed by atoms with E-state index in [1.165, 1.54) is 4.90 Å². The van der Waals surface area contributed by atoms with E-state index in [0.717, 1.165) is 28.3 Å². The van der Waals surface area contributed by atoms with Gasteiger partial charge in [0, 0.05) is 23.8 Å². The van der Waals surface area contributed by atoms with Gasteiger partial charge in [0.25, 0.3) is 5.91 Å². The number of para-hydroxylation sites is 3. The van der Waals surface area contributed by atoms with E-state index in [1.807, 2.05) is 38.1 Å². The molecule has 3 atom stereocenters. The van der Waals surface area contributed by atoms with E-state index < -0.39 is 33.6 Å². The van der Waals surface area contributed by atoms with Gasteiger partial charge in [-0.15, -0.1) is 0 Å². The first-order valence-corrected chi connectivity index (χ1v) is 15.0. The highest BCUT2D eigenvalue weighted by molar-refractivity contribution is 7.91. The highest BCUT2D eigenvalue weighted by atomic mass is 32.2. The van der Waals surface area contributed by atoms with Gasteiger partial charge in [0.05, 0.1) is 29.5 Å². The third-order valence-corrected chi connectivity index (χ3v) is 8.06. The number of anilines is 2. The number of hydrogen-bond acceptors (Lipinski definition) is 6. The summed E-state index contributed by atoms with van der Waals surface area (Å²) in [5.74, 6) is -2.44. The van der Waals surface area contributed by atoms with Crippen molar-refractivity contribution < 1.29 is 22.8 Å². The largest absolute Gasteiger partial charge is 0.342 e. The second-order valence-electron chi connectivity index (χ2n) is 10.2. The average Bonchev–Trinajstić information content (AvgIpc) is 2.97. The minimum absolute atomic E-state index is 0.168. The SMILES string of the molecule is CC[C@@H](C)C(=O)N[C@@H]1C(=O)N(Cc2c(C)cnc3ccccc23)c2ccccc2N(C(=O)CS(C)(=O)=O)[C@H]1C. The van der Waals surface area contributed by atoms with Crippen LogP contribution in [0.2, 0.25) is 0 Å². The summed E-state index contributed by atoms with van der Waals surface area (Å²) in [5, 5.41) is 3.77. The zero-order valence-electron chi connectivity index (χ0n) is 22.8. The lowest BCUT2D eigenvalue weighted by Gasteiger charge is -2.32. The molecule has 0 saturated heterocycles. The van der Waals surface area contributed by atoms with Crippen LogP contribution in [0.1, 0.15) is 38.3 Å². The van der Waals surface area contributed by atoms with Crippen molar-refractivity contribution in [1.29, 1.82) is 0 Å². The van der Waals surface area contributed by atoms with E-state index in [0.29, 0.717) is 17.8 Å². The number of nitrogens with one attached hydrogen (secondary N) is 1. The van der Waals surface area contributed by atoms with Crippen molar-refractivity contribution in [3.05, 3.63) is 65.9 Å². The molecular weight excluding hydrogens is 516 g/mol. The topological polar surface area (TPSA) is 117 Å². The highest BCUT2D eigenvalue weighted by Gasteiger charge is 2.42. The monoisotopic (exact) mass is 550 g/mol. The molecule has 206 valence electrons. The van der Waals surface area contributed by atoms with Crippen molar-refractivity contribution in [1.82, 2.24) is 10.3 Å². The summed E-state index contributed by atoms with van der Waals surface area (Å²) in [6, 6.07) is 12.6. The number of pyridine rings is 1. The molecule has 3 aromatic rings. The molecule has 0 saturated carbocycles. The predicted octanol–water partition coefficient (Wildman–Crippen LogP) is 3.39. The predicted molar refractivity (Wildman–Crippen MR) is 152 cm³/mol. The first-order chi connectivity index (χ1) is 18.4. The maximum absolute atomic E-state index is 14.3. The zero-order valence-corrected chi connectivity index (χ0v) is 23.7. The molecule has 1 aliphatic rings. The van der Waals surface area contributed by atoms with Crippen LogP contribution in [0.15, 0.2) is 54.7 Å². The minimum Gasteiger partial charge on any atom is -0.342 e. The third kappa shape index (κ3) is 5.80. The smallest absolute Gasteiger partial charge is 0.252 e. The molecule has 0 unspecified atom stereocenters. The number of sulfone groups is 1. The summed E-state index contributed by atoms with van der Waals surface area (Å²) < 4.78 is 24.2. The molecule has 9 nitrogen and oxygen atoms in total.